The van der Waals surface area contributed by atoms with Crippen LogP contribution in [0.25, 0.3) is 22.8 Å². The van der Waals surface area contributed by atoms with Gasteiger partial charge in [-0.15, -0.1) is 0 Å². The zero-order valence-electron chi connectivity index (χ0n) is 11.0. The van der Waals surface area contributed by atoms with Crippen molar-refractivity contribution in [2.24, 2.45) is 0 Å². The Kier molecular flexibility index (Phi) is 3.47. The summed E-state index contributed by atoms with van der Waals surface area (Å²) in [5.74, 6) is 0.118. The van der Waals surface area contributed by atoms with Crippen molar-refractivity contribution in [3.63, 3.8) is 0 Å². The van der Waals surface area contributed by atoms with Gasteiger partial charge in [0.25, 0.3) is 5.89 Å². The third-order valence-electron chi connectivity index (χ3n) is 3.06. The van der Waals surface area contributed by atoms with Crippen LogP contribution >= 0.6 is 15.9 Å². The van der Waals surface area contributed by atoms with Crippen LogP contribution in [-0.4, -0.2) is 15.2 Å². The van der Waals surface area contributed by atoms with Gasteiger partial charge in [0.1, 0.15) is 11.6 Å². The molecule has 0 radical (unpaired) electrons. The first-order chi connectivity index (χ1) is 10.0. The van der Waals surface area contributed by atoms with E-state index < -0.39 is 0 Å². The van der Waals surface area contributed by atoms with Crippen molar-refractivity contribution < 1.29 is 14.0 Å². The van der Waals surface area contributed by atoms with Crippen molar-refractivity contribution in [3.8, 4) is 28.6 Å². The molecule has 0 amide bonds. The number of halogens is 2. The fraction of sp³-hybridized carbons (Fsp3) is 0.0667. The molecule has 6 heteroatoms. The Labute approximate surface area is 128 Å². The summed E-state index contributed by atoms with van der Waals surface area (Å²) in [6.45, 7) is 1.84. The van der Waals surface area contributed by atoms with Crippen molar-refractivity contribution in [2.45, 2.75) is 6.92 Å². The molecule has 0 aliphatic heterocycles. The van der Waals surface area contributed by atoms with Crippen molar-refractivity contribution in [1.29, 1.82) is 0 Å². The highest BCUT2D eigenvalue weighted by atomic mass is 79.9. The predicted octanol–water partition coefficient (Wildman–Crippen LogP) is 4.32. The Bertz CT molecular complexity index is 817. The molecule has 4 nitrogen and oxygen atoms in total. The molecular weight excluding hydrogens is 339 g/mol. The molecular formula is C15H10BrFN2O2. The molecule has 0 aliphatic rings. The quantitative estimate of drug-likeness (QED) is 0.749. The number of nitrogens with zero attached hydrogens (tertiary/aromatic N) is 2. The molecule has 3 rings (SSSR count). The summed E-state index contributed by atoms with van der Waals surface area (Å²) in [6, 6.07) is 9.33. The van der Waals surface area contributed by atoms with Crippen LogP contribution in [0.2, 0.25) is 0 Å². The van der Waals surface area contributed by atoms with E-state index in [-0.39, 0.29) is 23.3 Å². The van der Waals surface area contributed by atoms with Gasteiger partial charge in [0.05, 0.1) is 5.56 Å². The Balaban J connectivity index is 2.06. The Morgan fingerprint density at radius 1 is 1.14 bits per heavy atom. The number of benzene rings is 2. The summed E-state index contributed by atoms with van der Waals surface area (Å²) in [5.41, 5.74) is 1.82. The molecule has 2 aromatic carbocycles. The van der Waals surface area contributed by atoms with E-state index in [9.17, 15) is 9.50 Å². The van der Waals surface area contributed by atoms with Crippen LogP contribution in [0, 0.1) is 12.7 Å². The molecule has 1 heterocycles. The van der Waals surface area contributed by atoms with Crippen molar-refractivity contribution in [3.05, 3.63) is 52.3 Å². The summed E-state index contributed by atoms with van der Waals surface area (Å²) in [4.78, 5) is 4.22. The van der Waals surface area contributed by atoms with Gasteiger partial charge >= 0.3 is 0 Å². The fourth-order valence-electron chi connectivity index (χ4n) is 1.96. The zero-order valence-corrected chi connectivity index (χ0v) is 12.6. The lowest BCUT2D eigenvalue weighted by Crippen LogP contribution is -1.87. The van der Waals surface area contributed by atoms with Gasteiger partial charge in [-0.1, -0.05) is 27.2 Å². The van der Waals surface area contributed by atoms with Gasteiger partial charge in [-0.05, 0) is 42.8 Å². The smallest absolute Gasteiger partial charge is 0.261 e. The second kappa shape index (κ2) is 5.29. The first-order valence-electron chi connectivity index (χ1n) is 6.14. The molecule has 0 saturated carbocycles. The third-order valence-corrected chi connectivity index (χ3v) is 3.55. The molecule has 3 aromatic rings. The standard InChI is InChI=1S/C15H10BrFN2O2/c1-8-2-4-10(17)7-12(8)14-18-15(21-19-14)11-5-3-9(16)6-13(11)20/h2-7,20H,1H3. The average Bonchev–Trinajstić information content (AvgIpc) is 2.91. The predicted molar refractivity (Wildman–Crippen MR) is 79.2 cm³/mol. The van der Waals surface area contributed by atoms with Crippen molar-refractivity contribution in [1.82, 2.24) is 10.1 Å². The summed E-state index contributed by atoms with van der Waals surface area (Å²) < 4.78 is 19.2. The van der Waals surface area contributed by atoms with Crippen LogP contribution in [0.3, 0.4) is 0 Å². The van der Waals surface area contributed by atoms with E-state index in [2.05, 4.69) is 26.1 Å². The number of hydrogen-bond acceptors (Lipinski definition) is 4. The minimum absolute atomic E-state index is 0.0236. The molecule has 0 spiro atoms. The average molecular weight is 349 g/mol. The van der Waals surface area contributed by atoms with Crippen LogP contribution in [0.1, 0.15) is 5.56 Å². The highest BCUT2D eigenvalue weighted by Gasteiger charge is 2.15. The van der Waals surface area contributed by atoms with E-state index in [0.29, 0.717) is 11.1 Å². The highest BCUT2D eigenvalue weighted by Crippen LogP contribution is 2.32. The molecule has 106 valence electrons. The van der Waals surface area contributed by atoms with E-state index in [1.165, 1.54) is 18.2 Å². The maximum atomic E-state index is 13.3. The molecule has 0 atom stereocenters. The molecule has 1 N–H and O–H groups in total. The summed E-state index contributed by atoms with van der Waals surface area (Å²) in [5, 5.41) is 13.8. The maximum Gasteiger partial charge on any atom is 0.261 e. The van der Waals surface area contributed by atoms with Gasteiger partial charge < -0.3 is 9.63 Å². The number of rotatable bonds is 2. The van der Waals surface area contributed by atoms with Crippen LogP contribution < -0.4 is 0 Å². The van der Waals surface area contributed by atoms with E-state index in [1.807, 2.05) is 6.92 Å². The number of aryl methyl sites for hydroxylation is 1. The van der Waals surface area contributed by atoms with Gasteiger partial charge in [0.2, 0.25) is 5.82 Å². The lowest BCUT2D eigenvalue weighted by Gasteiger charge is -2.00. The molecule has 21 heavy (non-hydrogen) atoms. The molecule has 0 fully saturated rings. The first-order valence-corrected chi connectivity index (χ1v) is 6.93. The lowest BCUT2D eigenvalue weighted by molar-refractivity contribution is 0.425. The number of aromatic nitrogens is 2. The molecule has 0 aliphatic carbocycles. The van der Waals surface area contributed by atoms with E-state index in [1.54, 1.807) is 18.2 Å². The van der Waals surface area contributed by atoms with Gasteiger partial charge in [-0.3, -0.25) is 0 Å². The molecule has 0 saturated heterocycles. The van der Waals surface area contributed by atoms with Crippen LogP contribution in [0.4, 0.5) is 4.39 Å². The van der Waals surface area contributed by atoms with Crippen molar-refractivity contribution in [2.75, 3.05) is 0 Å². The second-order valence-electron chi connectivity index (χ2n) is 4.54. The maximum absolute atomic E-state index is 13.3. The van der Waals surface area contributed by atoms with Gasteiger partial charge in [0.15, 0.2) is 0 Å². The highest BCUT2D eigenvalue weighted by molar-refractivity contribution is 9.10. The minimum Gasteiger partial charge on any atom is -0.507 e. The summed E-state index contributed by atoms with van der Waals surface area (Å²) in [6.07, 6.45) is 0. The summed E-state index contributed by atoms with van der Waals surface area (Å²) in [7, 11) is 0. The van der Waals surface area contributed by atoms with Gasteiger partial charge in [-0.25, -0.2) is 4.39 Å². The van der Waals surface area contributed by atoms with Crippen LogP contribution in [0.5, 0.6) is 5.75 Å². The molecule has 0 unspecified atom stereocenters. The Hall–Kier alpha value is -2.21. The normalized spacial score (nSPS) is 10.8. The van der Waals surface area contributed by atoms with Crippen LogP contribution in [0.15, 0.2) is 45.4 Å². The minimum atomic E-state index is -0.367. The monoisotopic (exact) mass is 348 g/mol. The first kappa shape index (κ1) is 13.8. The summed E-state index contributed by atoms with van der Waals surface area (Å²) >= 11 is 3.26. The Morgan fingerprint density at radius 3 is 2.71 bits per heavy atom. The SMILES string of the molecule is Cc1ccc(F)cc1-c1noc(-c2ccc(Br)cc2O)n1. The number of phenols is 1. The second-order valence-corrected chi connectivity index (χ2v) is 5.46. The van der Waals surface area contributed by atoms with Crippen LogP contribution in [-0.2, 0) is 0 Å². The third kappa shape index (κ3) is 2.67. The number of hydrogen-bond donors (Lipinski definition) is 1. The number of phenolic OH excluding ortho intramolecular Hbond substituents is 1. The lowest BCUT2D eigenvalue weighted by atomic mass is 10.1. The zero-order chi connectivity index (χ0) is 15.0. The topological polar surface area (TPSA) is 59.2 Å². The van der Waals surface area contributed by atoms with Gasteiger partial charge in [-0.2, -0.15) is 4.98 Å². The Morgan fingerprint density at radius 2 is 1.95 bits per heavy atom. The molecule has 1 aromatic heterocycles. The fourth-order valence-corrected chi connectivity index (χ4v) is 2.31. The van der Waals surface area contributed by atoms with E-state index in [4.69, 9.17) is 4.52 Å². The molecule has 0 bridgehead atoms. The largest absolute Gasteiger partial charge is 0.507 e. The van der Waals surface area contributed by atoms with Crippen molar-refractivity contribution >= 4 is 15.9 Å². The van der Waals surface area contributed by atoms with E-state index >= 15 is 0 Å². The van der Waals surface area contributed by atoms with Gasteiger partial charge in [0, 0.05) is 10.0 Å². The number of aromatic hydroxyl groups is 1. The van der Waals surface area contributed by atoms with E-state index in [0.717, 1.165) is 10.0 Å².